The zero-order chi connectivity index (χ0) is 57.0. The number of nitrogens with two attached hydrogens (primary N) is 1. The molecule has 15 rings (SSSR count). The van der Waals surface area contributed by atoms with Crippen molar-refractivity contribution in [2.45, 2.75) is 278 Å². The third kappa shape index (κ3) is 11.4. The van der Waals surface area contributed by atoms with Crippen LogP contribution in [0, 0.1) is 86.8 Å². The lowest BCUT2D eigenvalue weighted by atomic mass is 9.50. The van der Waals surface area contributed by atoms with E-state index in [1.807, 2.05) is 76.2 Å². The smallest absolute Gasteiger partial charge is 0.405 e. The van der Waals surface area contributed by atoms with E-state index >= 15 is 0 Å². The summed E-state index contributed by atoms with van der Waals surface area (Å²) in [6.45, 7) is 25.8. The summed E-state index contributed by atoms with van der Waals surface area (Å²) in [5, 5.41) is 10.6. The van der Waals surface area contributed by atoms with Gasteiger partial charge in [0.05, 0.1) is 33.2 Å². The van der Waals surface area contributed by atoms with Gasteiger partial charge in [0.15, 0.2) is 0 Å². The first-order valence-corrected chi connectivity index (χ1v) is 31.0. The number of aliphatic hydroxyl groups is 1. The molecule has 14 aliphatic carbocycles. The van der Waals surface area contributed by atoms with Crippen LogP contribution in [-0.2, 0) is 52.4 Å². The molecule has 440 valence electrons. The van der Waals surface area contributed by atoms with Crippen molar-refractivity contribution < 1.29 is 62.3 Å². The van der Waals surface area contributed by atoms with Gasteiger partial charge in [-0.15, -0.1) is 0 Å². The first-order valence-electron chi connectivity index (χ1n) is 31.0. The van der Waals surface area contributed by atoms with Crippen LogP contribution in [0.2, 0.25) is 0 Å². The van der Waals surface area contributed by atoms with Crippen LogP contribution < -0.4 is 5.73 Å². The van der Waals surface area contributed by atoms with Crippen molar-refractivity contribution in [3.8, 4) is 0 Å². The molecule has 0 radical (unpaired) electrons. The van der Waals surface area contributed by atoms with Crippen molar-refractivity contribution in [2.24, 2.45) is 92.5 Å². The number of esters is 5. The zero-order valence-electron chi connectivity index (χ0n) is 50.2. The monoisotopic (exact) mass is 1090 g/mol. The van der Waals surface area contributed by atoms with E-state index < -0.39 is 39.1 Å². The zero-order valence-corrected chi connectivity index (χ0v) is 50.2. The Bertz CT molecular complexity index is 2260. The Hall–Kier alpha value is -3.42. The Kier molecular flexibility index (Phi) is 15.8. The highest BCUT2D eigenvalue weighted by molar-refractivity contribution is 5.79. The Morgan fingerprint density at radius 1 is 0.526 bits per heavy atom. The Balaban J connectivity index is 0.000000127. The van der Waals surface area contributed by atoms with Crippen LogP contribution in [0.15, 0.2) is 0 Å². The first kappa shape index (κ1) is 59.2. The maximum absolute atomic E-state index is 12.6. The summed E-state index contributed by atoms with van der Waals surface area (Å²) in [4.78, 5) is 72.4. The van der Waals surface area contributed by atoms with Crippen LogP contribution in [0.5, 0.6) is 0 Å². The minimum Gasteiger partial charge on any atom is -0.459 e. The highest BCUT2D eigenvalue weighted by Crippen LogP contribution is 2.63. The topological polar surface area (TPSA) is 204 Å². The number of hydrogen-bond acceptors (Lipinski definition) is 13. The molecule has 3 N–H and O–H groups in total. The van der Waals surface area contributed by atoms with Crippen molar-refractivity contribution in [2.75, 3.05) is 0 Å². The number of carbonyl (C=O) groups is 6. The van der Waals surface area contributed by atoms with E-state index in [-0.39, 0.29) is 64.6 Å². The molecule has 0 aromatic heterocycles. The minimum absolute atomic E-state index is 0.0185. The molecule has 1 saturated heterocycles. The summed E-state index contributed by atoms with van der Waals surface area (Å²) in [6, 6.07) is 0. The van der Waals surface area contributed by atoms with Gasteiger partial charge >= 0.3 is 35.9 Å². The number of rotatable bonds is 13. The molecule has 1 amide bonds. The molecule has 0 aromatic rings. The third-order valence-electron chi connectivity index (χ3n) is 23.3. The Labute approximate surface area is 466 Å². The summed E-state index contributed by atoms with van der Waals surface area (Å²) < 4.78 is 34.7. The number of primary amides is 1. The van der Waals surface area contributed by atoms with Crippen molar-refractivity contribution in [1.29, 1.82) is 0 Å². The number of fused-ring (bicyclic) bond motifs is 1. The van der Waals surface area contributed by atoms with Crippen LogP contribution in [-0.4, -0.2) is 81.3 Å². The van der Waals surface area contributed by atoms with Gasteiger partial charge in [-0.2, -0.15) is 0 Å². The number of amides is 1. The van der Waals surface area contributed by atoms with Crippen molar-refractivity contribution in [3.05, 3.63) is 0 Å². The molecule has 14 bridgehead atoms. The van der Waals surface area contributed by atoms with Gasteiger partial charge in [0, 0.05) is 24.7 Å². The van der Waals surface area contributed by atoms with E-state index in [2.05, 4.69) is 13.8 Å². The van der Waals surface area contributed by atoms with E-state index in [1.165, 1.54) is 38.5 Å². The van der Waals surface area contributed by atoms with Crippen molar-refractivity contribution in [3.63, 3.8) is 0 Å². The number of carbonyl (C=O) groups excluding carboxylic acids is 6. The molecule has 14 saturated carbocycles. The second-order valence-electron chi connectivity index (χ2n) is 31.0. The summed E-state index contributed by atoms with van der Waals surface area (Å²) in [7, 11) is 0. The Morgan fingerprint density at radius 2 is 0.910 bits per heavy atom. The maximum Gasteiger partial charge on any atom is 0.405 e. The molecule has 15 fully saturated rings. The molecule has 1 heterocycles. The number of hydrogen-bond donors (Lipinski definition) is 2. The molecule has 1 aliphatic heterocycles. The molecule has 0 spiro atoms. The molecule has 78 heavy (non-hydrogen) atoms. The van der Waals surface area contributed by atoms with Gasteiger partial charge in [0.25, 0.3) is 0 Å². The van der Waals surface area contributed by atoms with Gasteiger partial charge in [-0.3, -0.25) is 24.0 Å². The SMILES string of the molecule is CCC(C)(C)C(=O)OC1(C)C2CC3CC(C2)CC1C3.CCC(C)(C)C(=O)OC12CC3CC(CC(O)(C3)C1)C2.CCC(C)(C)C(=O)OC12CC3CC(CC(OC(N)=O)(C3)C1)C2.CCC(C)(C)C(=O)OC1C2CC3C(=O)OC1C3C2. The molecule has 15 aliphatic rings. The molecular weight excluding hydrogens is 991 g/mol. The highest BCUT2D eigenvalue weighted by atomic mass is 16.6. The van der Waals surface area contributed by atoms with E-state index in [0.717, 1.165) is 108 Å². The molecule has 9 unspecified atom stereocenters. The number of ether oxygens (including phenoxy) is 6. The predicted octanol–water partition coefficient (Wildman–Crippen LogP) is 12.3. The fraction of sp³-hybridized carbons (Fsp3) is 0.906. The van der Waals surface area contributed by atoms with Crippen LogP contribution in [0.1, 0.15) is 238 Å². The second-order valence-corrected chi connectivity index (χ2v) is 31.0. The van der Waals surface area contributed by atoms with E-state index in [9.17, 15) is 33.9 Å². The van der Waals surface area contributed by atoms with Crippen molar-refractivity contribution in [1.82, 2.24) is 0 Å². The van der Waals surface area contributed by atoms with E-state index in [1.54, 1.807) is 0 Å². The summed E-state index contributed by atoms with van der Waals surface area (Å²) in [6.07, 6.45) is 21.5. The van der Waals surface area contributed by atoms with Crippen molar-refractivity contribution >= 4 is 35.9 Å². The highest BCUT2D eigenvalue weighted by Gasteiger charge is 2.65. The maximum atomic E-state index is 12.6. The molecule has 14 heteroatoms. The van der Waals surface area contributed by atoms with Gasteiger partial charge in [-0.1, -0.05) is 27.7 Å². The molecule has 0 aromatic carbocycles. The standard InChI is InChI=1S/C17H27NO4.C17H28O2.C16H26O3.C14H20O4/c1-4-15(2,3)13(19)21-16-6-11-5-12(7-16)9-17(8-11,10-16)22-14(18)20;1-5-16(2,3)15(18)19-17(4)13-7-11-6-12(9-13)10-14(17)8-11;1-4-14(2,3)13(17)19-16-8-11-5-12(9-16)7-15(18,6-11)10-16;1-4-14(2,3)13(16)18-10-7-5-8-9(6-7)12(15)17-11(8)10/h11-12H,4-10H2,1-3H3,(H2,18,20);11-14H,5-10H2,1-4H3;11-12,18H,4-10H2,1-3H3;7-11H,4-6H2,1-3H3. The fourth-order valence-electron chi connectivity index (χ4n) is 18.0. The van der Waals surface area contributed by atoms with Gasteiger partial charge in [0.2, 0.25) is 0 Å². The summed E-state index contributed by atoms with van der Waals surface area (Å²) >= 11 is 0. The second kappa shape index (κ2) is 20.8. The lowest BCUT2D eigenvalue weighted by molar-refractivity contribution is -0.226. The van der Waals surface area contributed by atoms with Gasteiger partial charge in [-0.25, -0.2) is 4.79 Å². The van der Waals surface area contributed by atoms with Gasteiger partial charge in [-0.05, 0) is 244 Å². The van der Waals surface area contributed by atoms with Gasteiger partial charge < -0.3 is 39.3 Å². The van der Waals surface area contributed by atoms with E-state index in [0.29, 0.717) is 60.2 Å². The van der Waals surface area contributed by atoms with Crippen LogP contribution in [0.25, 0.3) is 0 Å². The largest absolute Gasteiger partial charge is 0.459 e. The van der Waals surface area contributed by atoms with Gasteiger partial charge in [0.1, 0.15) is 34.6 Å². The summed E-state index contributed by atoms with van der Waals surface area (Å²) in [5.74, 6) is 5.42. The lowest BCUT2D eigenvalue weighted by Gasteiger charge is -2.60. The fourth-order valence-corrected chi connectivity index (χ4v) is 18.0. The average Bonchev–Trinajstić information content (AvgIpc) is 4.12. The van der Waals surface area contributed by atoms with Crippen LogP contribution in [0.3, 0.4) is 0 Å². The molecule has 14 nitrogen and oxygen atoms in total. The minimum atomic E-state index is -0.711. The molecule has 9 atom stereocenters. The lowest BCUT2D eigenvalue weighted by Crippen LogP contribution is -2.62. The van der Waals surface area contributed by atoms with Crippen LogP contribution in [0.4, 0.5) is 4.79 Å². The third-order valence-corrected chi connectivity index (χ3v) is 23.3. The normalized spacial score (nSPS) is 42.3. The Morgan fingerprint density at radius 3 is 1.33 bits per heavy atom. The predicted molar refractivity (Wildman–Crippen MR) is 293 cm³/mol. The molecular formula is C64H101NO13. The van der Waals surface area contributed by atoms with Crippen LogP contribution >= 0.6 is 0 Å². The first-order chi connectivity index (χ1) is 36.2. The average molecular weight is 1090 g/mol. The quantitative estimate of drug-likeness (QED) is 0.130. The summed E-state index contributed by atoms with van der Waals surface area (Å²) in [5.41, 5.74) is 1.56. The van der Waals surface area contributed by atoms with E-state index in [4.69, 9.17) is 34.2 Å².